The highest BCUT2D eigenvalue weighted by Gasteiger charge is 2.35. The molecule has 1 aliphatic carbocycles. The summed E-state index contributed by atoms with van der Waals surface area (Å²) in [7, 11) is 0. The molecule has 2 aliphatic rings. The Labute approximate surface area is 107 Å². The Morgan fingerprint density at radius 2 is 2.11 bits per heavy atom. The van der Waals surface area contributed by atoms with Gasteiger partial charge in [0.05, 0.1) is 6.61 Å². The number of amides is 1. The van der Waals surface area contributed by atoms with Gasteiger partial charge in [-0.15, -0.1) is 0 Å². The smallest absolute Gasteiger partial charge is 0.254 e. The highest BCUT2D eigenvalue weighted by atomic mass is 16.5. The second kappa shape index (κ2) is 5.06. The largest absolute Gasteiger partial charge is 0.381 e. The second-order valence-corrected chi connectivity index (χ2v) is 5.15. The molecule has 4 nitrogen and oxygen atoms in total. The van der Waals surface area contributed by atoms with Crippen LogP contribution >= 0.6 is 0 Å². The molecule has 1 aromatic heterocycles. The van der Waals surface area contributed by atoms with Gasteiger partial charge in [0.1, 0.15) is 0 Å². The van der Waals surface area contributed by atoms with E-state index in [0.29, 0.717) is 12.0 Å². The summed E-state index contributed by atoms with van der Waals surface area (Å²) in [6.45, 7) is 2.48. The number of ether oxygens (including phenoxy) is 1. The normalized spacial score (nSPS) is 23.0. The van der Waals surface area contributed by atoms with E-state index in [1.54, 1.807) is 24.5 Å². The van der Waals surface area contributed by atoms with E-state index in [-0.39, 0.29) is 5.91 Å². The zero-order valence-corrected chi connectivity index (χ0v) is 10.4. The van der Waals surface area contributed by atoms with E-state index in [2.05, 4.69) is 4.98 Å². The maximum Gasteiger partial charge on any atom is 0.254 e. The van der Waals surface area contributed by atoms with Gasteiger partial charge in [0.2, 0.25) is 0 Å². The minimum atomic E-state index is 0.145. The van der Waals surface area contributed by atoms with E-state index in [9.17, 15) is 4.79 Å². The molecule has 0 radical (unpaired) electrons. The summed E-state index contributed by atoms with van der Waals surface area (Å²) in [5, 5.41) is 0. The van der Waals surface area contributed by atoms with Crippen LogP contribution in [0, 0.1) is 5.92 Å². The number of nitrogens with zero attached hydrogens (tertiary/aromatic N) is 2. The van der Waals surface area contributed by atoms with Crippen LogP contribution in [0.4, 0.5) is 0 Å². The SMILES string of the molecule is O=C(c1ccncc1)N(C[C@@H]1CCOC1)C1CC1. The molecule has 18 heavy (non-hydrogen) atoms. The standard InChI is InChI=1S/C14H18N2O2/c17-14(12-3-6-15-7-4-12)16(13-1-2-13)9-11-5-8-18-10-11/h3-4,6-7,11,13H,1-2,5,8-10H2/t11-/m0/s1. The van der Waals surface area contributed by atoms with Gasteiger partial charge in [0.15, 0.2) is 0 Å². The van der Waals surface area contributed by atoms with Gasteiger partial charge in [-0.2, -0.15) is 0 Å². The minimum Gasteiger partial charge on any atom is -0.381 e. The van der Waals surface area contributed by atoms with Crippen molar-refractivity contribution in [3.63, 3.8) is 0 Å². The maximum atomic E-state index is 12.5. The third-order valence-electron chi connectivity index (χ3n) is 3.65. The molecule has 2 fully saturated rings. The predicted molar refractivity (Wildman–Crippen MR) is 67.2 cm³/mol. The molecule has 0 unspecified atom stereocenters. The fourth-order valence-electron chi connectivity index (χ4n) is 2.45. The Balaban J connectivity index is 1.71. The fraction of sp³-hybridized carbons (Fsp3) is 0.571. The molecule has 1 saturated carbocycles. The van der Waals surface area contributed by atoms with Crippen LogP contribution in [-0.4, -0.2) is 41.6 Å². The highest BCUT2D eigenvalue weighted by molar-refractivity contribution is 5.94. The number of carbonyl (C=O) groups excluding carboxylic acids is 1. The first kappa shape index (κ1) is 11.7. The maximum absolute atomic E-state index is 12.5. The first-order valence-corrected chi connectivity index (χ1v) is 6.63. The molecule has 96 valence electrons. The third kappa shape index (κ3) is 2.53. The Morgan fingerprint density at radius 3 is 2.72 bits per heavy atom. The van der Waals surface area contributed by atoms with Crippen molar-refractivity contribution in [2.24, 2.45) is 5.92 Å². The molecule has 1 aromatic rings. The topological polar surface area (TPSA) is 42.4 Å². The Morgan fingerprint density at radius 1 is 1.33 bits per heavy atom. The first-order valence-electron chi connectivity index (χ1n) is 6.63. The van der Waals surface area contributed by atoms with E-state index in [1.165, 1.54) is 0 Å². The molecule has 3 rings (SSSR count). The zero-order valence-electron chi connectivity index (χ0n) is 10.4. The third-order valence-corrected chi connectivity index (χ3v) is 3.65. The van der Waals surface area contributed by atoms with E-state index >= 15 is 0 Å². The lowest BCUT2D eigenvalue weighted by Crippen LogP contribution is -2.37. The van der Waals surface area contributed by atoms with E-state index < -0.39 is 0 Å². The molecular formula is C14H18N2O2. The minimum absolute atomic E-state index is 0.145. The van der Waals surface area contributed by atoms with Crippen LogP contribution < -0.4 is 0 Å². The van der Waals surface area contributed by atoms with Crippen molar-refractivity contribution in [3.8, 4) is 0 Å². The number of hydrogen-bond donors (Lipinski definition) is 0. The average Bonchev–Trinajstić information content (AvgIpc) is 3.13. The molecule has 0 aromatic carbocycles. The Kier molecular flexibility index (Phi) is 3.28. The van der Waals surface area contributed by atoms with Gasteiger partial charge in [-0.05, 0) is 31.4 Å². The van der Waals surface area contributed by atoms with Crippen molar-refractivity contribution >= 4 is 5.91 Å². The molecule has 1 atom stereocenters. The summed E-state index contributed by atoms with van der Waals surface area (Å²) >= 11 is 0. The molecule has 0 bridgehead atoms. The lowest BCUT2D eigenvalue weighted by atomic mass is 10.1. The van der Waals surface area contributed by atoms with Crippen molar-refractivity contribution in [1.29, 1.82) is 0 Å². The second-order valence-electron chi connectivity index (χ2n) is 5.15. The summed E-state index contributed by atoms with van der Waals surface area (Å²) < 4.78 is 5.40. The van der Waals surface area contributed by atoms with Crippen molar-refractivity contribution < 1.29 is 9.53 Å². The number of pyridine rings is 1. The molecule has 1 aliphatic heterocycles. The molecule has 0 spiro atoms. The molecular weight excluding hydrogens is 228 g/mol. The number of aromatic nitrogens is 1. The summed E-state index contributed by atoms with van der Waals surface area (Å²) in [6, 6.07) is 4.04. The van der Waals surface area contributed by atoms with Crippen LogP contribution in [0.2, 0.25) is 0 Å². The molecule has 2 heterocycles. The van der Waals surface area contributed by atoms with Crippen molar-refractivity contribution in [3.05, 3.63) is 30.1 Å². The number of carbonyl (C=O) groups is 1. The van der Waals surface area contributed by atoms with Crippen molar-refractivity contribution in [2.75, 3.05) is 19.8 Å². The van der Waals surface area contributed by atoms with Gasteiger partial charge in [0.25, 0.3) is 5.91 Å². The Bertz CT molecular complexity index is 411. The quantitative estimate of drug-likeness (QED) is 0.812. The monoisotopic (exact) mass is 246 g/mol. The predicted octanol–water partition coefficient (Wildman–Crippen LogP) is 1.72. The van der Waals surface area contributed by atoms with Crippen LogP contribution in [0.15, 0.2) is 24.5 Å². The number of rotatable bonds is 4. The van der Waals surface area contributed by atoms with Crippen LogP contribution in [0.5, 0.6) is 0 Å². The van der Waals surface area contributed by atoms with Gasteiger partial charge in [0, 0.05) is 43.1 Å². The van der Waals surface area contributed by atoms with Crippen molar-refractivity contribution in [2.45, 2.75) is 25.3 Å². The van der Waals surface area contributed by atoms with Crippen LogP contribution in [0.1, 0.15) is 29.6 Å². The lowest BCUT2D eigenvalue weighted by molar-refractivity contribution is 0.0706. The molecule has 0 N–H and O–H groups in total. The summed E-state index contributed by atoms with van der Waals surface area (Å²) in [5.74, 6) is 0.656. The van der Waals surface area contributed by atoms with E-state index in [4.69, 9.17) is 4.74 Å². The zero-order chi connectivity index (χ0) is 12.4. The lowest BCUT2D eigenvalue weighted by Gasteiger charge is -2.25. The van der Waals surface area contributed by atoms with Gasteiger partial charge in [-0.1, -0.05) is 0 Å². The van der Waals surface area contributed by atoms with Gasteiger partial charge >= 0.3 is 0 Å². The fourth-order valence-corrected chi connectivity index (χ4v) is 2.45. The molecule has 1 saturated heterocycles. The highest BCUT2D eigenvalue weighted by Crippen LogP contribution is 2.30. The molecule has 1 amide bonds. The number of hydrogen-bond acceptors (Lipinski definition) is 3. The van der Waals surface area contributed by atoms with Gasteiger partial charge in [-0.25, -0.2) is 0 Å². The molecule has 4 heteroatoms. The van der Waals surface area contributed by atoms with E-state index in [1.807, 2.05) is 4.90 Å². The first-order chi connectivity index (χ1) is 8.84. The van der Waals surface area contributed by atoms with Crippen molar-refractivity contribution in [1.82, 2.24) is 9.88 Å². The van der Waals surface area contributed by atoms with Gasteiger partial charge < -0.3 is 9.64 Å². The Hall–Kier alpha value is -1.42. The summed E-state index contributed by atoms with van der Waals surface area (Å²) in [5.41, 5.74) is 0.746. The van der Waals surface area contributed by atoms with Crippen LogP contribution in [-0.2, 0) is 4.74 Å². The average molecular weight is 246 g/mol. The van der Waals surface area contributed by atoms with Crippen LogP contribution in [0.25, 0.3) is 0 Å². The summed E-state index contributed by atoms with van der Waals surface area (Å²) in [6.07, 6.45) is 6.72. The van der Waals surface area contributed by atoms with Gasteiger partial charge in [-0.3, -0.25) is 9.78 Å². The van der Waals surface area contributed by atoms with E-state index in [0.717, 1.165) is 44.6 Å². The van der Waals surface area contributed by atoms with Crippen LogP contribution in [0.3, 0.4) is 0 Å². The summed E-state index contributed by atoms with van der Waals surface area (Å²) in [4.78, 5) is 18.5.